The first-order chi connectivity index (χ1) is 29.1. The Labute approximate surface area is 349 Å². The number of allylic oxidation sites excluding steroid dienone is 1. The zero-order valence-corrected chi connectivity index (χ0v) is 33.8. The van der Waals surface area contributed by atoms with Crippen molar-refractivity contribution in [3.63, 3.8) is 0 Å². The third-order valence-corrected chi connectivity index (χ3v) is 12.8. The molecule has 0 spiro atoms. The monoisotopic (exact) mass is 757 g/mol. The SMILES string of the molecule is CCC1(CC)c2cc(/C=C/c3ccc(-c4ccc(-c5ccccc5)cc4-c4ccc5c(c4)CC=C5)cc3)ccc2-c2ccc(N(c3ccccc3)c3ccccc3)cc21. The molecule has 0 aromatic heterocycles. The van der Waals surface area contributed by atoms with Gasteiger partial charge >= 0.3 is 0 Å². The number of fused-ring (bicyclic) bond motifs is 4. The van der Waals surface area contributed by atoms with Crippen LogP contribution in [-0.2, 0) is 11.8 Å². The van der Waals surface area contributed by atoms with Gasteiger partial charge in [-0.15, -0.1) is 0 Å². The minimum atomic E-state index is -0.0612. The highest BCUT2D eigenvalue weighted by Gasteiger charge is 2.41. The Morgan fingerprint density at radius 1 is 0.441 bits per heavy atom. The number of benzene rings is 8. The molecule has 2 aliphatic rings. The molecule has 10 rings (SSSR count). The summed E-state index contributed by atoms with van der Waals surface area (Å²) < 4.78 is 0. The van der Waals surface area contributed by atoms with Gasteiger partial charge in [0, 0.05) is 22.5 Å². The van der Waals surface area contributed by atoms with Crippen LogP contribution in [0.3, 0.4) is 0 Å². The topological polar surface area (TPSA) is 3.24 Å². The van der Waals surface area contributed by atoms with Crippen LogP contribution in [0.2, 0.25) is 0 Å². The first-order valence-electron chi connectivity index (χ1n) is 21.1. The summed E-state index contributed by atoms with van der Waals surface area (Å²) >= 11 is 0. The molecule has 0 atom stereocenters. The molecule has 8 aromatic carbocycles. The summed E-state index contributed by atoms with van der Waals surface area (Å²) in [5.41, 5.74) is 21.6. The van der Waals surface area contributed by atoms with Crippen molar-refractivity contribution < 1.29 is 0 Å². The van der Waals surface area contributed by atoms with Crippen LogP contribution in [0.4, 0.5) is 17.1 Å². The molecule has 0 bridgehead atoms. The third-order valence-electron chi connectivity index (χ3n) is 12.8. The summed E-state index contributed by atoms with van der Waals surface area (Å²) in [7, 11) is 0. The van der Waals surface area contributed by atoms with Crippen LogP contribution in [0, 0.1) is 0 Å². The van der Waals surface area contributed by atoms with Gasteiger partial charge in [0.05, 0.1) is 0 Å². The highest BCUT2D eigenvalue weighted by Crippen LogP contribution is 2.54. The maximum atomic E-state index is 2.46. The van der Waals surface area contributed by atoms with E-state index in [0.717, 1.165) is 30.6 Å². The lowest BCUT2D eigenvalue weighted by Crippen LogP contribution is -2.23. The van der Waals surface area contributed by atoms with E-state index >= 15 is 0 Å². The van der Waals surface area contributed by atoms with Gasteiger partial charge in [0.15, 0.2) is 0 Å². The van der Waals surface area contributed by atoms with Crippen molar-refractivity contribution in [3.8, 4) is 44.5 Å². The number of anilines is 3. The van der Waals surface area contributed by atoms with Crippen molar-refractivity contribution in [2.45, 2.75) is 38.5 Å². The van der Waals surface area contributed by atoms with E-state index in [1.54, 1.807) is 0 Å². The van der Waals surface area contributed by atoms with E-state index in [0.29, 0.717) is 0 Å². The van der Waals surface area contributed by atoms with Crippen molar-refractivity contribution in [1.82, 2.24) is 0 Å². The summed E-state index contributed by atoms with van der Waals surface area (Å²) in [5.74, 6) is 0. The number of rotatable bonds is 10. The van der Waals surface area contributed by atoms with Crippen LogP contribution in [0.15, 0.2) is 194 Å². The third kappa shape index (κ3) is 6.63. The van der Waals surface area contributed by atoms with Gasteiger partial charge < -0.3 is 4.90 Å². The summed E-state index contributed by atoms with van der Waals surface area (Å²) in [4.78, 5) is 2.38. The van der Waals surface area contributed by atoms with Crippen molar-refractivity contribution in [3.05, 3.63) is 228 Å². The Morgan fingerprint density at radius 2 is 1.02 bits per heavy atom. The van der Waals surface area contributed by atoms with Crippen LogP contribution < -0.4 is 4.90 Å². The van der Waals surface area contributed by atoms with Crippen LogP contribution in [0.25, 0.3) is 62.7 Å². The molecule has 0 radical (unpaired) electrons. The van der Waals surface area contributed by atoms with Crippen LogP contribution in [-0.4, -0.2) is 0 Å². The smallest absolute Gasteiger partial charge is 0.0465 e. The Hall–Kier alpha value is -6.96. The van der Waals surface area contributed by atoms with E-state index in [4.69, 9.17) is 0 Å². The highest BCUT2D eigenvalue weighted by atomic mass is 15.1. The fourth-order valence-corrected chi connectivity index (χ4v) is 9.59. The lowest BCUT2D eigenvalue weighted by atomic mass is 9.73. The average Bonchev–Trinajstić information content (AvgIpc) is 3.89. The lowest BCUT2D eigenvalue weighted by molar-refractivity contribution is 0.490. The molecular formula is C58H47N. The molecule has 59 heavy (non-hydrogen) atoms. The van der Waals surface area contributed by atoms with E-state index in [-0.39, 0.29) is 5.41 Å². The molecular weight excluding hydrogens is 711 g/mol. The summed E-state index contributed by atoms with van der Waals surface area (Å²) in [6.07, 6.45) is 12.1. The predicted molar refractivity (Wildman–Crippen MR) is 252 cm³/mol. The van der Waals surface area contributed by atoms with E-state index in [9.17, 15) is 0 Å². The molecule has 1 heteroatoms. The second-order valence-corrected chi connectivity index (χ2v) is 15.9. The number of para-hydroxylation sites is 2. The molecule has 0 amide bonds. The first-order valence-corrected chi connectivity index (χ1v) is 21.1. The lowest BCUT2D eigenvalue weighted by Gasteiger charge is -2.32. The molecule has 0 fully saturated rings. The van der Waals surface area contributed by atoms with Crippen molar-refractivity contribution >= 4 is 35.3 Å². The molecule has 1 nitrogen and oxygen atoms in total. The first kappa shape index (κ1) is 36.4. The van der Waals surface area contributed by atoms with E-state index in [1.165, 1.54) is 83.6 Å². The van der Waals surface area contributed by atoms with Crippen LogP contribution in [0.5, 0.6) is 0 Å². The van der Waals surface area contributed by atoms with Crippen molar-refractivity contribution in [2.75, 3.05) is 4.90 Å². The van der Waals surface area contributed by atoms with E-state index in [2.05, 4.69) is 231 Å². The maximum absolute atomic E-state index is 2.46. The van der Waals surface area contributed by atoms with Crippen molar-refractivity contribution in [1.29, 1.82) is 0 Å². The van der Waals surface area contributed by atoms with Crippen LogP contribution >= 0.6 is 0 Å². The minimum Gasteiger partial charge on any atom is -0.310 e. The molecule has 0 saturated heterocycles. The Bertz CT molecular complexity index is 2800. The van der Waals surface area contributed by atoms with Gasteiger partial charge in [-0.05, 0) is 140 Å². The fourth-order valence-electron chi connectivity index (χ4n) is 9.59. The van der Waals surface area contributed by atoms with Gasteiger partial charge in [-0.1, -0.05) is 184 Å². The van der Waals surface area contributed by atoms with Gasteiger partial charge in [-0.2, -0.15) is 0 Å². The molecule has 0 heterocycles. The maximum Gasteiger partial charge on any atom is 0.0465 e. The number of hydrogen-bond donors (Lipinski definition) is 0. The molecule has 8 aromatic rings. The molecule has 0 saturated carbocycles. The summed E-state index contributed by atoms with van der Waals surface area (Å²) in [6.45, 7) is 4.71. The normalized spacial score (nSPS) is 13.3. The Morgan fingerprint density at radius 3 is 1.71 bits per heavy atom. The quantitative estimate of drug-likeness (QED) is 0.126. The van der Waals surface area contributed by atoms with Gasteiger partial charge in [-0.25, -0.2) is 0 Å². The minimum absolute atomic E-state index is 0.0612. The fraction of sp³-hybridized carbons (Fsp3) is 0.103. The number of hydrogen-bond acceptors (Lipinski definition) is 1. The van der Waals surface area contributed by atoms with E-state index in [1.807, 2.05) is 0 Å². The standard InChI is InChI=1S/C58H47N/c1-3-58(4-2)56-37-42(27-34-53(56)54-36-33-51(40-57(54)58)59(49-19-10-6-11-20-49)50-21-12-7-13-22-50)24-23-41-25-28-45(29-26-41)52-35-32-47(43-15-8-5-9-16-43)39-55(52)48-31-30-44-17-14-18-46(44)38-48/h5-17,19-40H,3-4,18H2,1-2H3/b24-23+. The summed E-state index contributed by atoms with van der Waals surface area (Å²) in [5, 5.41) is 0. The average molecular weight is 758 g/mol. The molecule has 0 N–H and O–H groups in total. The molecule has 0 aliphatic heterocycles. The van der Waals surface area contributed by atoms with Gasteiger partial charge in [0.25, 0.3) is 0 Å². The predicted octanol–water partition coefficient (Wildman–Crippen LogP) is 16.0. The van der Waals surface area contributed by atoms with Gasteiger partial charge in [-0.3, -0.25) is 0 Å². The highest BCUT2D eigenvalue weighted by molar-refractivity contribution is 5.90. The second-order valence-electron chi connectivity index (χ2n) is 15.9. The Kier molecular flexibility index (Phi) is 9.51. The molecule has 284 valence electrons. The zero-order chi connectivity index (χ0) is 39.8. The molecule has 2 aliphatic carbocycles. The summed E-state index contributed by atoms with van der Waals surface area (Å²) in [6, 6.07) is 69.3. The van der Waals surface area contributed by atoms with Gasteiger partial charge in [0.1, 0.15) is 0 Å². The van der Waals surface area contributed by atoms with Crippen LogP contribution in [0.1, 0.15) is 60.1 Å². The number of nitrogens with zero attached hydrogens (tertiary/aromatic N) is 1. The molecule has 0 unspecified atom stereocenters. The van der Waals surface area contributed by atoms with Gasteiger partial charge in [0.2, 0.25) is 0 Å². The Balaban J connectivity index is 0.956. The van der Waals surface area contributed by atoms with E-state index < -0.39 is 0 Å². The zero-order valence-electron chi connectivity index (χ0n) is 33.8. The van der Waals surface area contributed by atoms with Crippen molar-refractivity contribution in [2.24, 2.45) is 0 Å². The second kappa shape index (κ2) is 15.4. The largest absolute Gasteiger partial charge is 0.310 e.